The highest BCUT2D eigenvalue weighted by Gasteiger charge is 2.19. The standard InChI is InChI=1S/C11H16N2O5S2/c1-6(2)20(17,18)5-4-19-9-8(10(14)15)7(3)12-11(16)13-9/h6H,4-5H2,1-3H3,(H,14,15)(H,12,13,16). The lowest BCUT2D eigenvalue weighted by atomic mass is 10.2. The van der Waals surface area contributed by atoms with E-state index in [4.69, 9.17) is 5.11 Å². The molecule has 0 atom stereocenters. The van der Waals surface area contributed by atoms with Crippen LogP contribution in [0.3, 0.4) is 0 Å². The van der Waals surface area contributed by atoms with Gasteiger partial charge in [0.1, 0.15) is 10.6 Å². The van der Waals surface area contributed by atoms with E-state index in [1.165, 1.54) is 6.92 Å². The molecule has 7 nitrogen and oxygen atoms in total. The van der Waals surface area contributed by atoms with Gasteiger partial charge >= 0.3 is 11.7 Å². The Morgan fingerprint density at radius 1 is 1.45 bits per heavy atom. The average Bonchev–Trinajstić information content (AvgIpc) is 2.26. The molecule has 0 unspecified atom stereocenters. The normalized spacial score (nSPS) is 11.8. The van der Waals surface area contributed by atoms with Crippen molar-refractivity contribution < 1.29 is 18.3 Å². The van der Waals surface area contributed by atoms with Gasteiger partial charge in [-0.05, 0) is 20.8 Å². The number of hydrogen-bond acceptors (Lipinski definition) is 6. The average molecular weight is 320 g/mol. The number of aromatic nitrogens is 2. The molecule has 0 aliphatic carbocycles. The third-order valence-electron chi connectivity index (χ3n) is 2.63. The van der Waals surface area contributed by atoms with Crippen molar-refractivity contribution in [3.05, 3.63) is 21.7 Å². The highest BCUT2D eigenvalue weighted by molar-refractivity contribution is 8.00. The molecule has 0 aromatic carbocycles. The van der Waals surface area contributed by atoms with Crippen LogP contribution in [-0.2, 0) is 9.84 Å². The second-order valence-electron chi connectivity index (χ2n) is 4.42. The number of aryl methyl sites for hydroxylation is 1. The monoisotopic (exact) mass is 320 g/mol. The number of aromatic carboxylic acids is 1. The Balaban J connectivity index is 2.94. The molecular formula is C11H16N2O5S2. The maximum atomic E-state index is 11.7. The lowest BCUT2D eigenvalue weighted by Crippen LogP contribution is -2.20. The fraction of sp³-hybridized carbons (Fsp3) is 0.545. The van der Waals surface area contributed by atoms with Crippen LogP contribution >= 0.6 is 11.8 Å². The van der Waals surface area contributed by atoms with Crippen molar-refractivity contribution in [1.29, 1.82) is 0 Å². The summed E-state index contributed by atoms with van der Waals surface area (Å²) < 4.78 is 23.3. The van der Waals surface area contributed by atoms with Crippen molar-refractivity contribution in [2.45, 2.75) is 31.0 Å². The molecule has 0 saturated carbocycles. The molecule has 0 fully saturated rings. The number of sulfone groups is 1. The highest BCUT2D eigenvalue weighted by Crippen LogP contribution is 2.21. The number of rotatable bonds is 6. The summed E-state index contributed by atoms with van der Waals surface area (Å²) in [6.07, 6.45) is 0. The zero-order valence-electron chi connectivity index (χ0n) is 11.3. The van der Waals surface area contributed by atoms with Crippen LogP contribution in [0.25, 0.3) is 0 Å². The van der Waals surface area contributed by atoms with Crippen molar-refractivity contribution in [2.24, 2.45) is 0 Å². The van der Waals surface area contributed by atoms with E-state index in [9.17, 15) is 18.0 Å². The Morgan fingerprint density at radius 3 is 2.55 bits per heavy atom. The Bertz CT molecular complexity index is 664. The zero-order valence-corrected chi connectivity index (χ0v) is 13.0. The van der Waals surface area contributed by atoms with Gasteiger partial charge in [-0.2, -0.15) is 4.98 Å². The van der Waals surface area contributed by atoms with Crippen LogP contribution in [0.15, 0.2) is 9.82 Å². The molecule has 0 aliphatic rings. The molecule has 0 saturated heterocycles. The molecule has 0 aliphatic heterocycles. The Kier molecular flexibility index (Phi) is 5.35. The first-order chi connectivity index (χ1) is 9.15. The van der Waals surface area contributed by atoms with Gasteiger partial charge in [0.05, 0.1) is 11.0 Å². The molecule has 0 amide bonds. The summed E-state index contributed by atoms with van der Waals surface area (Å²) in [6, 6.07) is 0. The van der Waals surface area contributed by atoms with Gasteiger partial charge in [0, 0.05) is 11.4 Å². The Morgan fingerprint density at radius 2 is 2.05 bits per heavy atom. The molecule has 9 heteroatoms. The molecule has 112 valence electrons. The Labute approximate surface area is 120 Å². The number of carboxylic acids is 1. The van der Waals surface area contributed by atoms with Crippen molar-refractivity contribution >= 4 is 27.6 Å². The first-order valence-corrected chi connectivity index (χ1v) is 8.54. The van der Waals surface area contributed by atoms with Gasteiger partial charge in [-0.15, -0.1) is 11.8 Å². The smallest absolute Gasteiger partial charge is 0.346 e. The van der Waals surface area contributed by atoms with Gasteiger partial charge in [0.25, 0.3) is 0 Å². The zero-order chi connectivity index (χ0) is 15.5. The van der Waals surface area contributed by atoms with Gasteiger partial charge in [-0.1, -0.05) is 0 Å². The number of nitrogens with one attached hydrogen (secondary N) is 1. The summed E-state index contributed by atoms with van der Waals surface area (Å²) in [4.78, 5) is 28.3. The number of H-pyrrole nitrogens is 1. The first kappa shape index (κ1) is 16.7. The summed E-state index contributed by atoms with van der Waals surface area (Å²) in [7, 11) is -3.20. The fourth-order valence-electron chi connectivity index (χ4n) is 1.41. The number of hydrogen-bond donors (Lipinski definition) is 2. The van der Waals surface area contributed by atoms with Crippen LogP contribution < -0.4 is 5.69 Å². The fourth-order valence-corrected chi connectivity index (χ4v) is 3.87. The third-order valence-corrected chi connectivity index (χ3v) is 6.07. The number of carboxylic acid groups (broad SMARTS) is 1. The summed E-state index contributed by atoms with van der Waals surface area (Å²) in [5.74, 6) is -1.15. The second-order valence-corrected chi connectivity index (χ2v) is 8.18. The van der Waals surface area contributed by atoms with E-state index in [1.807, 2.05) is 0 Å². The number of aromatic amines is 1. The highest BCUT2D eigenvalue weighted by atomic mass is 32.2. The van der Waals surface area contributed by atoms with E-state index in [-0.39, 0.29) is 27.8 Å². The van der Waals surface area contributed by atoms with Crippen LogP contribution in [0.2, 0.25) is 0 Å². The molecule has 1 aromatic rings. The van der Waals surface area contributed by atoms with Crippen LogP contribution in [-0.4, -0.2) is 46.2 Å². The maximum absolute atomic E-state index is 11.7. The van der Waals surface area contributed by atoms with Crippen LogP contribution in [0.4, 0.5) is 0 Å². The molecule has 1 aromatic heterocycles. The molecule has 1 heterocycles. The minimum absolute atomic E-state index is 0.0395. The summed E-state index contributed by atoms with van der Waals surface area (Å²) in [6.45, 7) is 4.62. The molecule has 0 bridgehead atoms. The first-order valence-electron chi connectivity index (χ1n) is 5.83. The summed E-state index contributed by atoms with van der Waals surface area (Å²) >= 11 is 0.957. The van der Waals surface area contributed by atoms with E-state index >= 15 is 0 Å². The van der Waals surface area contributed by atoms with Gasteiger partial charge in [-0.3, -0.25) is 0 Å². The van der Waals surface area contributed by atoms with E-state index in [2.05, 4.69) is 9.97 Å². The van der Waals surface area contributed by atoms with Crippen molar-refractivity contribution in [3.8, 4) is 0 Å². The van der Waals surface area contributed by atoms with E-state index in [0.29, 0.717) is 0 Å². The van der Waals surface area contributed by atoms with Gasteiger partial charge in [0.15, 0.2) is 9.84 Å². The van der Waals surface area contributed by atoms with Crippen LogP contribution in [0.1, 0.15) is 29.9 Å². The minimum atomic E-state index is -3.20. The van der Waals surface area contributed by atoms with Crippen molar-refractivity contribution in [3.63, 3.8) is 0 Å². The topological polar surface area (TPSA) is 117 Å². The summed E-state index contributed by atoms with van der Waals surface area (Å²) in [5.41, 5.74) is -0.551. The third kappa shape index (κ3) is 4.07. The van der Waals surface area contributed by atoms with Gasteiger partial charge in [-0.25, -0.2) is 18.0 Å². The summed E-state index contributed by atoms with van der Waals surface area (Å²) in [5, 5.41) is 8.64. The number of nitrogens with zero attached hydrogens (tertiary/aromatic N) is 1. The minimum Gasteiger partial charge on any atom is -0.478 e. The molecule has 2 N–H and O–H groups in total. The molecular weight excluding hydrogens is 304 g/mol. The van der Waals surface area contributed by atoms with Crippen molar-refractivity contribution in [2.75, 3.05) is 11.5 Å². The quantitative estimate of drug-likeness (QED) is 0.585. The second kappa shape index (κ2) is 6.40. The lowest BCUT2D eigenvalue weighted by molar-refractivity contribution is 0.0690. The number of thioether (sulfide) groups is 1. The Hall–Kier alpha value is -1.35. The predicted molar refractivity (Wildman–Crippen MR) is 76.2 cm³/mol. The van der Waals surface area contributed by atoms with Crippen LogP contribution in [0, 0.1) is 6.92 Å². The maximum Gasteiger partial charge on any atom is 0.346 e. The van der Waals surface area contributed by atoms with E-state index in [0.717, 1.165) is 11.8 Å². The SMILES string of the molecule is Cc1[nH]c(=O)nc(SCCS(=O)(=O)C(C)C)c1C(=O)O. The van der Waals surface area contributed by atoms with Crippen LogP contribution in [0.5, 0.6) is 0 Å². The van der Waals surface area contributed by atoms with Gasteiger partial charge in [0.2, 0.25) is 0 Å². The van der Waals surface area contributed by atoms with E-state index in [1.54, 1.807) is 13.8 Å². The lowest BCUT2D eigenvalue weighted by Gasteiger charge is -2.09. The largest absolute Gasteiger partial charge is 0.478 e. The van der Waals surface area contributed by atoms with E-state index < -0.39 is 26.7 Å². The molecule has 1 rings (SSSR count). The van der Waals surface area contributed by atoms with Gasteiger partial charge < -0.3 is 10.1 Å². The molecule has 20 heavy (non-hydrogen) atoms. The van der Waals surface area contributed by atoms with Crippen molar-refractivity contribution in [1.82, 2.24) is 9.97 Å². The predicted octanol–water partition coefficient (Wildman–Crippen LogP) is 0.692. The molecule has 0 radical (unpaired) electrons. The number of carbonyl (C=O) groups is 1. The molecule has 0 spiro atoms.